The number of hydrogen-bond donors (Lipinski definition) is 2. The van der Waals surface area contributed by atoms with Gasteiger partial charge in [-0.05, 0) is 18.1 Å². The second-order valence-electron chi connectivity index (χ2n) is 5.03. The summed E-state index contributed by atoms with van der Waals surface area (Å²) in [6, 6.07) is 5.36. The van der Waals surface area contributed by atoms with E-state index in [1.165, 1.54) is 0 Å². The summed E-state index contributed by atoms with van der Waals surface area (Å²) in [5.74, 6) is 0.277. The second-order valence-corrected chi connectivity index (χ2v) is 5.03. The fourth-order valence-corrected chi connectivity index (χ4v) is 2.43. The fraction of sp³-hybridized carbons (Fsp3) is 0.429. The van der Waals surface area contributed by atoms with Crippen LogP contribution in [0.15, 0.2) is 18.2 Å². The lowest BCUT2D eigenvalue weighted by Crippen LogP contribution is -2.30. The molecule has 0 bridgehead atoms. The second kappa shape index (κ2) is 5.03. The molecule has 0 saturated carbocycles. The van der Waals surface area contributed by atoms with Gasteiger partial charge in [0.2, 0.25) is 5.91 Å². The summed E-state index contributed by atoms with van der Waals surface area (Å²) >= 11 is 0. The van der Waals surface area contributed by atoms with Gasteiger partial charge < -0.3 is 19.9 Å². The molecule has 0 aliphatic carbocycles. The van der Waals surface area contributed by atoms with Crippen molar-refractivity contribution in [2.45, 2.75) is 31.4 Å². The summed E-state index contributed by atoms with van der Waals surface area (Å²) in [4.78, 5) is 22.0. The van der Waals surface area contributed by atoms with Crippen molar-refractivity contribution in [1.82, 2.24) is 5.32 Å². The highest BCUT2D eigenvalue weighted by Gasteiger charge is 2.29. The number of rotatable bonds is 4. The predicted molar refractivity (Wildman–Crippen MR) is 68.9 cm³/mol. The first-order valence-corrected chi connectivity index (χ1v) is 6.56. The lowest BCUT2D eigenvalue weighted by atomic mass is 10.1. The van der Waals surface area contributed by atoms with Gasteiger partial charge in [0.1, 0.15) is 18.1 Å². The van der Waals surface area contributed by atoms with Crippen LogP contribution in [-0.4, -0.2) is 35.7 Å². The van der Waals surface area contributed by atoms with E-state index in [-0.39, 0.29) is 11.9 Å². The summed E-state index contributed by atoms with van der Waals surface area (Å²) < 4.78 is 11.0. The fourth-order valence-electron chi connectivity index (χ4n) is 2.43. The molecule has 2 aliphatic rings. The number of hydrogen-bond acceptors (Lipinski definition) is 4. The Morgan fingerprint density at radius 1 is 1.50 bits per heavy atom. The molecule has 1 fully saturated rings. The molecule has 6 nitrogen and oxygen atoms in total. The van der Waals surface area contributed by atoms with Gasteiger partial charge in [-0.25, -0.2) is 4.79 Å². The van der Waals surface area contributed by atoms with Crippen molar-refractivity contribution in [3.63, 3.8) is 0 Å². The molecule has 20 heavy (non-hydrogen) atoms. The van der Waals surface area contributed by atoms with E-state index in [0.29, 0.717) is 30.9 Å². The van der Waals surface area contributed by atoms with Crippen LogP contribution in [0.4, 0.5) is 0 Å². The molecule has 0 spiro atoms. The Morgan fingerprint density at radius 2 is 2.35 bits per heavy atom. The number of ether oxygens (including phenoxy) is 2. The van der Waals surface area contributed by atoms with Gasteiger partial charge in [-0.3, -0.25) is 4.79 Å². The number of carboxylic acid groups (broad SMARTS) is 1. The summed E-state index contributed by atoms with van der Waals surface area (Å²) in [6.45, 7) is 0.410. The zero-order chi connectivity index (χ0) is 14.1. The number of fused-ring (bicyclic) bond motifs is 1. The third-order valence-electron chi connectivity index (χ3n) is 3.52. The van der Waals surface area contributed by atoms with Gasteiger partial charge in [0.05, 0.1) is 6.04 Å². The van der Waals surface area contributed by atoms with Crippen LogP contribution < -0.4 is 14.8 Å². The Balaban J connectivity index is 1.61. The van der Waals surface area contributed by atoms with Crippen molar-refractivity contribution in [3.05, 3.63) is 23.8 Å². The van der Waals surface area contributed by atoms with E-state index in [4.69, 9.17) is 14.6 Å². The van der Waals surface area contributed by atoms with Crippen molar-refractivity contribution in [2.75, 3.05) is 6.61 Å². The van der Waals surface area contributed by atoms with Crippen LogP contribution in [0.1, 0.15) is 18.4 Å². The number of carbonyl (C=O) groups is 2. The quantitative estimate of drug-likeness (QED) is 0.847. The molecule has 2 unspecified atom stereocenters. The predicted octanol–water partition coefficient (Wildman–Crippen LogP) is 0.732. The van der Waals surface area contributed by atoms with Crippen LogP contribution >= 0.6 is 0 Å². The standard InChI is InChI=1S/C14H15NO5/c16-13-4-2-9(15-13)7-19-10-3-1-8-5-12(14(17)18)20-11(8)6-10/h1,3,6,9,12H,2,4-5,7H2,(H,15,16)(H,17,18). The Kier molecular flexibility index (Phi) is 3.22. The smallest absolute Gasteiger partial charge is 0.345 e. The molecular formula is C14H15NO5. The summed E-state index contributed by atoms with van der Waals surface area (Å²) in [7, 11) is 0. The number of amides is 1. The van der Waals surface area contributed by atoms with E-state index < -0.39 is 12.1 Å². The van der Waals surface area contributed by atoms with Gasteiger partial charge >= 0.3 is 5.97 Å². The molecule has 0 radical (unpaired) electrons. The molecule has 2 aliphatic heterocycles. The SMILES string of the molecule is O=C1CCC(COc2ccc3c(c2)OC(C(=O)O)C3)N1. The molecule has 1 saturated heterocycles. The van der Waals surface area contributed by atoms with Gasteiger partial charge in [0, 0.05) is 18.9 Å². The van der Waals surface area contributed by atoms with Crippen LogP contribution in [0.3, 0.4) is 0 Å². The normalized spacial score (nSPS) is 23.9. The minimum atomic E-state index is -0.961. The maximum atomic E-state index is 11.1. The van der Waals surface area contributed by atoms with Gasteiger partial charge in [0.15, 0.2) is 6.10 Å². The average Bonchev–Trinajstić information content (AvgIpc) is 3.01. The molecule has 2 heterocycles. The van der Waals surface area contributed by atoms with Gasteiger partial charge in [-0.1, -0.05) is 6.07 Å². The third kappa shape index (κ3) is 2.54. The van der Waals surface area contributed by atoms with Crippen LogP contribution in [0, 0.1) is 0 Å². The minimum Gasteiger partial charge on any atom is -0.491 e. The number of carbonyl (C=O) groups excluding carboxylic acids is 1. The van der Waals surface area contributed by atoms with Gasteiger partial charge in [-0.15, -0.1) is 0 Å². The van der Waals surface area contributed by atoms with Crippen LogP contribution in [0.25, 0.3) is 0 Å². The number of carboxylic acids is 1. The van der Waals surface area contributed by atoms with E-state index in [2.05, 4.69) is 5.32 Å². The Hall–Kier alpha value is -2.24. The first-order chi connectivity index (χ1) is 9.61. The van der Waals surface area contributed by atoms with E-state index in [1.807, 2.05) is 6.07 Å². The van der Waals surface area contributed by atoms with Crippen molar-refractivity contribution < 1.29 is 24.2 Å². The van der Waals surface area contributed by atoms with Gasteiger partial charge in [-0.2, -0.15) is 0 Å². The number of benzene rings is 1. The van der Waals surface area contributed by atoms with Gasteiger partial charge in [0.25, 0.3) is 0 Å². The first kappa shape index (κ1) is 12.8. The molecule has 0 aromatic heterocycles. The summed E-state index contributed by atoms with van der Waals surface area (Å²) in [5.41, 5.74) is 0.874. The molecule has 1 aromatic carbocycles. The van der Waals surface area contributed by atoms with Crippen LogP contribution in [0.5, 0.6) is 11.5 Å². The van der Waals surface area contributed by atoms with Crippen molar-refractivity contribution in [3.8, 4) is 11.5 Å². The highest BCUT2D eigenvalue weighted by Crippen LogP contribution is 2.32. The van der Waals surface area contributed by atoms with Crippen molar-refractivity contribution >= 4 is 11.9 Å². The van der Waals surface area contributed by atoms with E-state index in [1.54, 1.807) is 12.1 Å². The van der Waals surface area contributed by atoms with E-state index >= 15 is 0 Å². The Bertz CT molecular complexity index is 556. The third-order valence-corrected chi connectivity index (χ3v) is 3.52. The largest absolute Gasteiger partial charge is 0.491 e. The Labute approximate surface area is 115 Å². The molecular weight excluding hydrogens is 262 g/mol. The lowest BCUT2D eigenvalue weighted by molar-refractivity contribution is -0.144. The van der Waals surface area contributed by atoms with E-state index in [9.17, 15) is 9.59 Å². The van der Waals surface area contributed by atoms with Crippen LogP contribution in [0.2, 0.25) is 0 Å². The maximum Gasteiger partial charge on any atom is 0.345 e. The monoisotopic (exact) mass is 277 g/mol. The molecule has 2 atom stereocenters. The highest BCUT2D eigenvalue weighted by molar-refractivity contribution is 5.78. The first-order valence-electron chi connectivity index (χ1n) is 6.56. The van der Waals surface area contributed by atoms with Crippen molar-refractivity contribution in [2.24, 2.45) is 0 Å². The lowest BCUT2D eigenvalue weighted by Gasteiger charge is -2.12. The summed E-state index contributed by atoms with van der Waals surface area (Å²) in [6.07, 6.45) is 0.890. The van der Waals surface area contributed by atoms with E-state index in [0.717, 1.165) is 12.0 Å². The Morgan fingerprint density at radius 3 is 3.05 bits per heavy atom. The van der Waals surface area contributed by atoms with Crippen LogP contribution in [-0.2, 0) is 16.0 Å². The molecule has 2 N–H and O–H groups in total. The molecule has 3 rings (SSSR count). The highest BCUT2D eigenvalue weighted by atomic mass is 16.5. The molecule has 106 valence electrons. The maximum absolute atomic E-state index is 11.1. The molecule has 6 heteroatoms. The molecule has 1 amide bonds. The van der Waals surface area contributed by atoms with Crippen molar-refractivity contribution in [1.29, 1.82) is 0 Å². The zero-order valence-corrected chi connectivity index (χ0v) is 10.8. The topological polar surface area (TPSA) is 84.9 Å². The number of nitrogens with one attached hydrogen (secondary N) is 1. The number of aliphatic carboxylic acids is 1. The average molecular weight is 277 g/mol. The molecule has 1 aromatic rings. The zero-order valence-electron chi connectivity index (χ0n) is 10.8. The minimum absolute atomic E-state index is 0.0449. The summed E-state index contributed by atoms with van der Waals surface area (Å²) in [5, 5.41) is 11.8.